The Kier molecular flexibility index (Phi) is 5.60. The van der Waals surface area contributed by atoms with Gasteiger partial charge >= 0.3 is 11.9 Å². The zero-order chi connectivity index (χ0) is 20.1. The van der Waals surface area contributed by atoms with Gasteiger partial charge in [0, 0.05) is 31.1 Å². The van der Waals surface area contributed by atoms with E-state index >= 15 is 0 Å². The molecule has 8 nitrogen and oxygen atoms in total. The molecule has 0 aliphatic carbocycles. The molecule has 28 heavy (non-hydrogen) atoms. The minimum atomic E-state index is -1.17. The molecule has 0 aromatic carbocycles. The summed E-state index contributed by atoms with van der Waals surface area (Å²) in [6.07, 6.45) is 8.49. The van der Waals surface area contributed by atoms with Crippen molar-refractivity contribution in [1.82, 2.24) is 9.97 Å². The largest absolute Gasteiger partial charge is 0.476 e. The molecular weight excluding hydrogens is 358 g/mol. The molecule has 1 amide bonds. The molecule has 0 saturated carbocycles. The van der Waals surface area contributed by atoms with Gasteiger partial charge < -0.3 is 10.4 Å². The number of carbonyl (C=O) groups is 2. The van der Waals surface area contributed by atoms with E-state index in [2.05, 4.69) is 20.4 Å². The number of carboxylic acids is 1. The van der Waals surface area contributed by atoms with Crippen LogP contribution in [0.15, 0.2) is 59.9 Å². The minimum Gasteiger partial charge on any atom is -0.476 e. The monoisotopic (exact) mass is 380 g/mol. The number of pyridine rings is 2. The van der Waals surface area contributed by atoms with Gasteiger partial charge in [0.1, 0.15) is 18.8 Å². The molecule has 1 aliphatic rings. The summed E-state index contributed by atoms with van der Waals surface area (Å²) in [6, 6.07) is 5.56. The maximum atomic E-state index is 13.3. The van der Waals surface area contributed by atoms with Crippen molar-refractivity contribution < 1.29 is 19.3 Å². The number of amides is 1. The first-order chi connectivity index (χ1) is 13.4. The molecule has 1 unspecified atom stereocenters. The molecule has 1 atom stereocenters. The molecule has 2 aromatic heterocycles. The van der Waals surface area contributed by atoms with E-state index in [0.29, 0.717) is 25.2 Å². The van der Waals surface area contributed by atoms with Gasteiger partial charge in [0.2, 0.25) is 5.71 Å². The third kappa shape index (κ3) is 3.96. The van der Waals surface area contributed by atoms with E-state index in [-0.39, 0.29) is 21.9 Å². The average molecular weight is 380 g/mol. The maximum Gasteiger partial charge on any atom is 0.388 e. The standard InChI is InChI=1S/C20H21N5O3/c1-3-25(11-7-15-5-9-21-10-6-15)19(26)16(12-17(24-25)20(27)28)23-18-13-22-8-4-14(18)2/h4-6,8-10,12-13H,3,7,11H2,1-2H3,(H-,23,24,27,28)/p+1. The fourth-order valence-electron chi connectivity index (χ4n) is 3.02. The molecular formula is C20H22N5O3+. The van der Waals surface area contributed by atoms with Crippen LogP contribution in [0.4, 0.5) is 5.69 Å². The smallest absolute Gasteiger partial charge is 0.388 e. The highest BCUT2D eigenvalue weighted by Gasteiger charge is 2.43. The summed E-state index contributed by atoms with van der Waals surface area (Å²) >= 11 is 0. The number of aromatic nitrogens is 2. The Bertz CT molecular complexity index is 955. The van der Waals surface area contributed by atoms with Gasteiger partial charge in [0.05, 0.1) is 11.9 Å². The minimum absolute atomic E-state index is 0.153. The lowest BCUT2D eigenvalue weighted by molar-refractivity contribution is -0.857. The van der Waals surface area contributed by atoms with Crippen LogP contribution < -0.4 is 5.32 Å². The molecule has 3 heterocycles. The van der Waals surface area contributed by atoms with Crippen LogP contribution in [0.3, 0.4) is 0 Å². The third-order valence-electron chi connectivity index (χ3n) is 4.76. The van der Waals surface area contributed by atoms with E-state index in [0.717, 1.165) is 11.1 Å². The number of hydrogen-bond donors (Lipinski definition) is 2. The van der Waals surface area contributed by atoms with Crippen molar-refractivity contribution >= 4 is 23.3 Å². The van der Waals surface area contributed by atoms with Crippen LogP contribution in [-0.4, -0.2) is 50.3 Å². The van der Waals surface area contributed by atoms with E-state index in [1.54, 1.807) is 24.8 Å². The van der Waals surface area contributed by atoms with E-state index in [4.69, 9.17) is 0 Å². The third-order valence-corrected chi connectivity index (χ3v) is 4.76. The molecule has 0 bridgehead atoms. The summed E-state index contributed by atoms with van der Waals surface area (Å²) in [6.45, 7) is 4.40. The summed E-state index contributed by atoms with van der Waals surface area (Å²) in [5.41, 5.74) is 2.60. The quantitative estimate of drug-likeness (QED) is 0.713. The molecule has 3 rings (SSSR count). The summed E-state index contributed by atoms with van der Waals surface area (Å²) < 4.78 is -0.317. The molecule has 0 radical (unpaired) electrons. The van der Waals surface area contributed by atoms with Crippen molar-refractivity contribution in [2.45, 2.75) is 20.3 Å². The topological polar surface area (TPSA) is 105 Å². The van der Waals surface area contributed by atoms with Gasteiger partial charge in [0.15, 0.2) is 0 Å². The molecule has 2 N–H and O–H groups in total. The second-order valence-electron chi connectivity index (χ2n) is 6.54. The van der Waals surface area contributed by atoms with E-state index in [9.17, 15) is 14.7 Å². The zero-order valence-electron chi connectivity index (χ0n) is 15.8. The number of aryl methyl sites for hydroxylation is 1. The highest BCUT2D eigenvalue weighted by molar-refractivity contribution is 6.41. The van der Waals surface area contributed by atoms with Crippen molar-refractivity contribution in [2.24, 2.45) is 5.10 Å². The van der Waals surface area contributed by atoms with Gasteiger partial charge in [-0.1, -0.05) is 5.10 Å². The Hall–Kier alpha value is -3.39. The first-order valence-corrected chi connectivity index (χ1v) is 8.99. The van der Waals surface area contributed by atoms with Gasteiger partial charge in [-0.05, 0) is 43.2 Å². The van der Waals surface area contributed by atoms with E-state index in [1.807, 2.05) is 32.0 Å². The number of carbonyl (C=O) groups excluding carboxylic acids is 1. The number of aliphatic carboxylic acids is 1. The zero-order valence-corrected chi connectivity index (χ0v) is 15.8. The molecule has 144 valence electrons. The first kappa shape index (κ1) is 19.4. The molecule has 0 fully saturated rings. The van der Waals surface area contributed by atoms with Gasteiger partial charge in [-0.3, -0.25) is 9.97 Å². The molecule has 1 aliphatic heterocycles. The van der Waals surface area contributed by atoms with E-state index < -0.39 is 5.97 Å². The van der Waals surface area contributed by atoms with Crippen molar-refractivity contribution in [3.8, 4) is 0 Å². The predicted molar refractivity (Wildman–Crippen MR) is 104 cm³/mol. The fraction of sp³-hybridized carbons (Fsp3) is 0.250. The van der Waals surface area contributed by atoms with Crippen molar-refractivity contribution in [1.29, 1.82) is 0 Å². The second-order valence-corrected chi connectivity index (χ2v) is 6.54. The summed E-state index contributed by atoms with van der Waals surface area (Å²) in [5, 5.41) is 16.9. The lowest BCUT2D eigenvalue weighted by Gasteiger charge is -2.32. The Morgan fingerprint density at radius 3 is 2.54 bits per heavy atom. The fourth-order valence-corrected chi connectivity index (χ4v) is 3.02. The number of anilines is 1. The maximum absolute atomic E-state index is 13.3. The van der Waals surface area contributed by atoms with Crippen LogP contribution in [0.1, 0.15) is 18.1 Å². The number of quaternary nitrogens is 1. The van der Waals surface area contributed by atoms with Crippen molar-refractivity contribution in [3.63, 3.8) is 0 Å². The number of nitrogens with one attached hydrogen (secondary N) is 1. The van der Waals surface area contributed by atoms with E-state index in [1.165, 1.54) is 6.08 Å². The summed E-state index contributed by atoms with van der Waals surface area (Å²) in [5.74, 6) is -1.45. The number of carboxylic acid groups (broad SMARTS) is 1. The van der Waals surface area contributed by atoms with Crippen LogP contribution in [0.5, 0.6) is 0 Å². The number of hydrogen-bond acceptors (Lipinski definition) is 6. The molecule has 0 spiro atoms. The Labute approximate surface area is 162 Å². The summed E-state index contributed by atoms with van der Waals surface area (Å²) in [7, 11) is 0. The Morgan fingerprint density at radius 2 is 1.89 bits per heavy atom. The Morgan fingerprint density at radius 1 is 1.18 bits per heavy atom. The van der Waals surface area contributed by atoms with Crippen molar-refractivity contribution in [3.05, 3.63) is 65.9 Å². The summed E-state index contributed by atoms with van der Waals surface area (Å²) in [4.78, 5) is 33.0. The molecule has 2 aromatic rings. The van der Waals surface area contributed by atoms with Crippen LogP contribution in [0, 0.1) is 6.92 Å². The average Bonchev–Trinajstić information content (AvgIpc) is 2.71. The normalized spacial score (nSPS) is 19.0. The van der Waals surface area contributed by atoms with Crippen molar-refractivity contribution in [2.75, 3.05) is 18.4 Å². The van der Waals surface area contributed by atoms with Gasteiger partial charge in [-0.2, -0.15) is 0 Å². The lowest BCUT2D eigenvalue weighted by atomic mass is 10.1. The number of likely N-dealkylation sites (N-methyl/N-ethyl adjacent to an activating group) is 1. The molecule has 8 heteroatoms. The van der Waals surface area contributed by atoms with Crippen LogP contribution in [0.2, 0.25) is 0 Å². The Balaban J connectivity index is 1.94. The van der Waals surface area contributed by atoms with Gasteiger partial charge in [-0.25, -0.2) is 9.59 Å². The first-order valence-electron chi connectivity index (χ1n) is 8.99. The molecule has 0 saturated heterocycles. The predicted octanol–water partition coefficient (Wildman–Crippen LogP) is 2.14. The van der Waals surface area contributed by atoms with Gasteiger partial charge in [-0.15, -0.1) is 4.59 Å². The SMILES string of the molecule is CC[N+]1(CCc2ccncc2)N=C(C(=O)O)C=C(Nc2cnccc2C)C1=O. The number of rotatable bonds is 7. The van der Waals surface area contributed by atoms with Crippen LogP contribution >= 0.6 is 0 Å². The highest BCUT2D eigenvalue weighted by Crippen LogP contribution is 2.24. The second kappa shape index (κ2) is 8.10. The highest BCUT2D eigenvalue weighted by atomic mass is 16.4. The number of nitrogens with zero attached hydrogens (tertiary/aromatic N) is 4. The van der Waals surface area contributed by atoms with Gasteiger partial charge in [0.25, 0.3) is 0 Å². The lowest BCUT2D eigenvalue weighted by Crippen LogP contribution is -2.54. The van der Waals surface area contributed by atoms with Crippen LogP contribution in [0.25, 0.3) is 0 Å². The van der Waals surface area contributed by atoms with Crippen LogP contribution in [-0.2, 0) is 16.0 Å².